The summed E-state index contributed by atoms with van der Waals surface area (Å²) in [5, 5.41) is 2.86. The van der Waals surface area contributed by atoms with E-state index in [1.165, 1.54) is 18.2 Å². The van der Waals surface area contributed by atoms with E-state index in [2.05, 4.69) is 26.1 Å². The second-order valence-corrected chi connectivity index (χ2v) is 9.49. The van der Waals surface area contributed by atoms with Crippen LogP contribution in [0.15, 0.2) is 66.7 Å². The molecule has 0 heterocycles. The van der Waals surface area contributed by atoms with Crippen molar-refractivity contribution in [2.75, 3.05) is 24.3 Å². The molecule has 3 rings (SSSR count). The monoisotopic (exact) mass is 475 g/mol. The van der Waals surface area contributed by atoms with Gasteiger partial charge in [0.05, 0.1) is 0 Å². The Balaban J connectivity index is 1.96. The van der Waals surface area contributed by atoms with Crippen molar-refractivity contribution in [2.45, 2.75) is 40.3 Å². The first kappa shape index (κ1) is 25.9. The Labute approximate surface area is 207 Å². The van der Waals surface area contributed by atoms with E-state index in [0.717, 1.165) is 16.8 Å². The van der Waals surface area contributed by atoms with Crippen LogP contribution in [0.25, 0.3) is 0 Å². The number of nitrogens with zero attached hydrogens (tertiary/aromatic N) is 2. The van der Waals surface area contributed by atoms with Crippen molar-refractivity contribution in [3.63, 3.8) is 0 Å². The fraction of sp³-hybridized carbons (Fsp3) is 0.310. The van der Waals surface area contributed by atoms with Crippen LogP contribution < -0.4 is 10.2 Å². The summed E-state index contributed by atoms with van der Waals surface area (Å²) in [4.78, 5) is 30.2. The fourth-order valence-electron chi connectivity index (χ4n) is 3.95. The molecule has 0 spiro atoms. The van der Waals surface area contributed by atoms with Gasteiger partial charge in [-0.1, -0.05) is 37.6 Å². The standard InChI is InChI=1S/C29H34FN3O2/c1-19(2)21(4)33(29(35)23-11-7-9-20(3)15-23)18-24-17-26(13-14-27(24)32(5)6)31-28(34)22-10-8-12-25(30)16-22/h7-17,19,21H,18H2,1-6H3,(H,31,34). The van der Waals surface area contributed by atoms with Crippen LogP contribution in [0, 0.1) is 18.7 Å². The molecule has 0 saturated carbocycles. The average molecular weight is 476 g/mol. The van der Waals surface area contributed by atoms with Gasteiger partial charge in [-0.2, -0.15) is 0 Å². The lowest BCUT2D eigenvalue weighted by atomic mass is 10.0. The molecule has 0 aliphatic carbocycles. The van der Waals surface area contributed by atoms with E-state index in [9.17, 15) is 14.0 Å². The van der Waals surface area contributed by atoms with Crippen LogP contribution in [0.3, 0.4) is 0 Å². The molecule has 3 aromatic carbocycles. The van der Waals surface area contributed by atoms with Gasteiger partial charge in [-0.05, 0) is 73.9 Å². The minimum atomic E-state index is -0.464. The third-order valence-corrected chi connectivity index (χ3v) is 6.23. The molecule has 0 aliphatic heterocycles. The van der Waals surface area contributed by atoms with Crippen molar-refractivity contribution in [3.05, 3.63) is 94.8 Å². The highest BCUT2D eigenvalue weighted by atomic mass is 19.1. The predicted octanol–water partition coefficient (Wildman–Crippen LogP) is 6.14. The minimum Gasteiger partial charge on any atom is -0.377 e. The molecular formula is C29H34FN3O2. The van der Waals surface area contributed by atoms with Gasteiger partial charge >= 0.3 is 0 Å². The first-order chi connectivity index (χ1) is 16.6. The molecule has 0 aliphatic rings. The first-order valence-corrected chi connectivity index (χ1v) is 11.8. The van der Waals surface area contributed by atoms with Crippen LogP contribution in [-0.4, -0.2) is 36.9 Å². The zero-order chi connectivity index (χ0) is 25.7. The van der Waals surface area contributed by atoms with E-state index in [4.69, 9.17) is 0 Å². The van der Waals surface area contributed by atoms with Crippen LogP contribution in [0.4, 0.5) is 15.8 Å². The summed E-state index contributed by atoms with van der Waals surface area (Å²) in [5.74, 6) is -0.637. The molecule has 3 aromatic rings. The van der Waals surface area contributed by atoms with E-state index in [-0.39, 0.29) is 23.4 Å². The van der Waals surface area contributed by atoms with E-state index < -0.39 is 11.7 Å². The van der Waals surface area contributed by atoms with Crippen molar-refractivity contribution in [2.24, 2.45) is 5.92 Å². The van der Waals surface area contributed by atoms with E-state index >= 15 is 0 Å². The Morgan fingerprint density at radius 2 is 1.60 bits per heavy atom. The molecule has 1 atom stereocenters. The van der Waals surface area contributed by atoms with Crippen LogP contribution >= 0.6 is 0 Å². The number of anilines is 2. The van der Waals surface area contributed by atoms with Crippen molar-refractivity contribution in [1.82, 2.24) is 4.90 Å². The molecule has 2 amide bonds. The molecule has 35 heavy (non-hydrogen) atoms. The number of hydrogen-bond donors (Lipinski definition) is 1. The molecule has 1 unspecified atom stereocenters. The maximum absolute atomic E-state index is 13.6. The molecule has 6 heteroatoms. The van der Waals surface area contributed by atoms with Gasteiger partial charge in [-0.25, -0.2) is 4.39 Å². The zero-order valence-electron chi connectivity index (χ0n) is 21.3. The quantitative estimate of drug-likeness (QED) is 0.426. The molecule has 0 aromatic heterocycles. The summed E-state index contributed by atoms with van der Waals surface area (Å²) in [6.45, 7) is 8.61. The zero-order valence-corrected chi connectivity index (χ0v) is 21.3. The number of carbonyl (C=O) groups excluding carboxylic acids is 2. The van der Waals surface area contributed by atoms with Gasteiger partial charge in [-0.15, -0.1) is 0 Å². The molecule has 0 saturated heterocycles. The Kier molecular flexibility index (Phi) is 8.28. The summed E-state index contributed by atoms with van der Waals surface area (Å²) in [5.41, 5.74) is 4.36. The number of nitrogens with one attached hydrogen (secondary N) is 1. The summed E-state index contributed by atoms with van der Waals surface area (Å²) >= 11 is 0. The van der Waals surface area contributed by atoms with Crippen LogP contribution in [-0.2, 0) is 6.54 Å². The smallest absolute Gasteiger partial charge is 0.255 e. The number of halogens is 1. The Bertz CT molecular complexity index is 1210. The number of amides is 2. The van der Waals surface area contributed by atoms with Crippen LogP contribution in [0.5, 0.6) is 0 Å². The van der Waals surface area contributed by atoms with E-state index in [1.54, 1.807) is 6.07 Å². The van der Waals surface area contributed by atoms with Gasteiger partial charge in [0.2, 0.25) is 0 Å². The molecule has 0 bridgehead atoms. The normalized spacial score (nSPS) is 11.8. The first-order valence-electron chi connectivity index (χ1n) is 11.8. The largest absolute Gasteiger partial charge is 0.377 e. The van der Waals surface area contributed by atoms with Gasteiger partial charge in [0.1, 0.15) is 5.82 Å². The third kappa shape index (κ3) is 6.47. The maximum atomic E-state index is 13.6. The molecule has 0 fully saturated rings. The van der Waals surface area contributed by atoms with Gasteiger partial charge < -0.3 is 15.1 Å². The highest BCUT2D eigenvalue weighted by Crippen LogP contribution is 2.27. The molecule has 184 valence electrons. The van der Waals surface area contributed by atoms with Crippen molar-refractivity contribution >= 4 is 23.2 Å². The molecule has 0 radical (unpaired) electrons. The third-order valence-electron chi connectivity index (χ3n) is 6.23. The molecule has 5 nitrogen and oxygen atoms in total. The Morgan fingerprint density at radius 1 is 0.914 bits per heavy atom. The lowest BCUT2D eigenvalue weighted by Gasteiger charge is -2.33. The van der Waals surface area contributed by atoms with Gasteiger partial charge in [0.15, 0.2) is 0 Å². The van der Waals surface area contributed by atoms with Crippen molar-refractivity contribution in [3.8, 4) is 0 Å². The lowest BCUT2D eigenvalue weighted by molar-refractivity contribution is 0.0628. The predicted molar refractivity (Wildman–Crippen MR) is 140 cm³/mol. The van der Waals surface area contributed by atoms with Crippen molar-refractivity contribution in [1.29, 1.82) is 0 Å². The summed E-state index contributed by atoms with van der Waals surface area (Å²) in [7, 11) is 3.89. The van der Waals surface area contributed by atoms with Gasteiger partial charge in [-0.3, -0.25) is 9.59 Å². The highest BCUT2D eigenvalue weighted by molar-refractivity contribution is 6.04. The number of benzene rings is 3. The summed E-state index contributed by atoms with van der Waals surface area (Å²) < 4.78 is 13.6. The summed E-state index contributed by atoms with van der Waals surface area (Å²) in [6.07, 6.45) is 0. The van der Waals surface area contributed by atoms with Gasteiger partial charge in [0, 0.05) is 49.2 Å². The fourth-order valence-corrected chi connectivity index (χ4v) is 3.95. The second kappa shape index (κ2) is 11.2. The maximum Gasteiger partial charge on any atom is 0.255 e. The Morgan fingerprint density at radius 3 is 2.23 bits per heavy atom. The van der Waals surface area contributed by atoms with E-state index in [1.807, 2.05) is 73.3 Å². The van der Waals surface area contributed by atoms with Crippen LogP contribution in [0.1, 0.15) is 52.6 Å². The van der Waals surface area contributed by atoms with Crippen LogP contribution in [0.2, 0.25) is 0 Å². The number of rotatable bonds is 8. The minimum absolute atomic E-state index is 0.0106. The topological polar surface area (TPSA) is 52.7 Å². The van der Waals surface area contributed by atoms with E-state index in [0.29, 0.717) is 17.8 Å². The van der Waals surface area contributed by atoms with Gasteiger partial charge in [0.25, 0.3) is 11.8 Å². The average Bonchev–Trinajstić information content (AvgIpc) is 2.81. The molecule has 1 N–H and O–H groups in total. The van der Waals surface area contributed by atoms with Crippen molar-refractivity contribution < 1.29 is 14.0 Å². The molecular weight excluding hydrogens is 441 g/mol. The Hall–Kier alpha value is -3.67. The lowest BCUT2D eigenvalue weighted by Crippen LogP contribution is -2.41. The number of carbonyl (C=O) groups is 2. The summed E-state index contributed by atoms with van der Waals surface area (Å²) in [6, 6.07) is 18.8. The second-order valence-electron chi connectivity index (χ2n) is 9.49. The SMILES string of the molecule is Cc1cccc(C(=O)N(Cc2cc(NC(=O)c3cccc(F)c3)ccc2N(C)C)C(C)C(C)C)c1. The highest BCUT2D eigenvalue weighted by Gasteiger charge is 2.25. The number of aryl methyl sites for hydroxylation is 1. The number of hydrogen-bond acceptors (Lipinski definition) is 3.